The molecule has 0 aliphatic heterocycles. The first kappa shape index (κ1) is 26.2. The van der Waals surface area contributed by atoms with Gasteiger partial charge in [-0.15, -0.1) is 0 Å². The van der Waals surface area contributed by atoms with E-state index in [0.717, 1.165) is 72.3 Å². The maximum absolute atomic E-state index is 8.41. The van der Waals surface area contributed by atoms with Crippen molar-refractivity contribution in [1.29, 1.82) is 5.41 Å². The van der Waals surface area contributed by atoms with Gasteiger partial charge >= 0.3 is 0 Å². The number of benzene rings is 6. The Hall–Kier alpha value is -6.27. The van der Waals surface area contributed by atoms with E-state index in [1.54, 1.807) is 0 Å². The van der Waals surface area contributed by atoms with Crippen molar-refractivity contribution >= 4 is 55.7 Å². The summed E-state index contributed by atoms with van der Waals surface area (Å²) >= 11 is 0. The fourth-order valence-corrected chi connectivity index (χ4v) is 7.41. The van der Waals surface area contributed by atoms with Crippen LogP contribution in [0.5, 0.6) is 0 Å². The molecule has 6 N–H and O–H groups in total. The molecule has 0 radical (unpaired) electrons. The third-order valence-electron chi connectivity index (χ3n) is 9.34. The van der Waals surface area contributed by atoms with Crippen molar-refractivity contribution in [2.24, 2.45) is 5.73 Å². The lowest BCUT2D eigenvalue weighted by Crippen LogP contribution is -2.19. The van der Waals surface area contributed by atoms with Gasteiger partial charge in [-0.3, -0.25) is 9.98 Å². The topological polar surface area (TPSA) is 97.8 Å². The predicted octanol–water partition coefficient (Wildman–Crippen LogP) is 9.10. The van der Waals surface area contributed by atoms with Gasteiger partial charge in [-0.2, -0.15) is 0 Å². The minimum absolute atomic E-state index is 0.159. The summed E-state index contributed by atoms with van der Waals surface area (Å²) in [5.41, 5.74) is 24.7. The number of aromatic nitrogens is 2. The summed E-state index contributed by atoms with van der Waals surface area (Å²) in [4.78, 5) is 0. The third kappa shape index (κ3) is 3.67. The fourth-order valence-electron chi connectivity index (χ4n) is 7.41. The zero-order valence-corrected chi connectivity index (χ0v) is 24.9. The first-order valence-corrected chi connectivity index (χ1v) is 15.4. The second-order valence-electron chi connectivity index (χ2n) is 11.9. The third-order valence-corrected chi connectivity index (χ3v) is 9.34. The molecule has 0 fully saturated rings. The Balaban J connectivity index is 1.40. The van der Waals surface area contributed by atoms with E-state index in [9.17, 15) is 0 Å². The smallest absolute Gasteiger partial charge is 0.133 e. The number of nitrogens with one attached hydrogen (secondary N) is 2. The van der Waals surface area contributed by atoms with E-state index in [4.69, 9.17) is 16.9 Å². The number of hydrogen-bond acceptors (Lipinski definition) is 3. The lowest BCUT2D eigenvalue weighted by molar-refractivity contribution is 1.08. The van der Waals surface area contributed by atoms with E-state index in [2.05, 4.69) is 112 Å². The van der Waals surface area contributed by atoms with Gasteiger partial charge in [0.05, 0.1) is 28.2 Å². The van der Waals surface area contributed by atoms with Crippen molar-refractivity contribution in [3.05, 3.63) is 151 Å². The van der Waals surface area contributed by atoms with Crippen molar-refractivity contribution in [3.8, 4) is 22.5 Å². The molecule has 0 amide bonds. The Morgan fingerprint density at radius 3 is 2.04 bits per heavy atom. The Bertz CT molecular complexity index is 2490. The van der Waals surface area contributed by atoms with Crippen molar-refractivity contribution in [2.75, 3.05) is 11.1 Å². The van der Waals surface area contributed by atoms with Crippen molar-refractivity contribution in [1.82, 2.24) is 9.13 Å². The van der Waals surface area contributed by atoms with Crippen LogP contribution >= 0.6 is 0 Å². The molecule has 8 aromatic rings. The van der Waals surface area contributed by atoms with Crippen LogP contribution in [0.25, 0.3) is 55.2 Å². The Morgan fingerprint density at radius 1 is 0.587 bits per heavy atom. The largest absolute Gasteiger partial charge is 0.387 e. The van der Waals surface area contributed by atoms with Gasteiger partial charge in [0.2, 0.25) is 0 Å². The van der Waals surface area contributed by atoms with Crippen molar-refractivity contribution in [3.63, 3.8) is 0 Å². The zero-order chi connectivity index (χ0) is 30.9. The molecule has 6 aromatic carbocycles. The molecule has 1 unspecified atom stereocenters. The van der Waals surface area contributed by atoms with Gasteiger partial charge in [0.25, 0.3) is 0 Å². The highest BCUT2D eigenvalue weighted by Crippen LogP contribution is 2.48. The van der Waals surface area contributed by atoms with Gasteiger partial charge in [0.1, 0.15) is 11.7 Å². The molecule has 220 valence electrons. The van der Waals surface area contributed by atoms with Crippen LogP contribution in [-0.2, 0) is 0 Å². The molecule has 46 heavy (non-hydrogen) atoms. The molecule has 2 heterocycles. The second kappa shape index (κ2) is 9.87. The van der Waals surface area contributed by atoms with E-state index in [0.29, 0.717) is 5.82 Å². The van der Waals surface area contributed by atoms with E-state index < -0.39 is 0 Å². The average Bonchev–Trinajstić information content (AvgIpc) is 3.71. The predicted molar refractivity (Wildman–Crippen MR) is 191 cm³/mol. The summed E-state index contributed by atoms with van der Waals surface area (Å²) in [5.74, 6) is 0.556. The fraction of sp³-hybridized carbons (Fsp3) is 0.0250. The SMILES string of the molecule is N=C(N)C1c2ccccc2-c2cc(-n3c4ccccc4c4ccc5c(Nc6ccccc6)c(N)n(-c6ccccc6)c5c43)ccc21. The molecule has 0 spiro atoms. The highest BCUT2D eigenvalue weighted by Gasteiger charge is 2.31. The van der Waals surface area contributed by atoms with Crippen LogP contribution in [-0.4, -0.2) is 15.0 Å². The van der Waals surface area contributed by atoms with E-state index >= 15 is 0 Å². The maximum Gasteiger partial charge on any atom is 0.133 e. The number of amidine groups is 1. The summed E-state index contributed by atoms with van der Waals surface area (Å²) in [5, 5.41) is 15.4. The highest BCUT2D eigenvalue weighted by atomic mass is 15.1. The molecule has 1 atom stereocenters. The molecule has 9 rings (SSSR count). The number of nitrogen functional groups attached to an aromatic ring is 1. The maximum atomic E-state index is 8.41. The number of para-hydroxylation sites is 3. The lowest BCUT2D eigenvalue weighted by Gasteiger charge is -2.15. The van der Waals surface area contributed by atoms with Crippen LogP contribution in [0.15, 0.2) is 140 Å². The van der Waals surface area contributed by atoms with Crippen LogP contribution in [0.1, 0.15) is 17.0 Å². The molecular weight excluding hydrogens is 564 g/mol. The number of anilines is 3. The van der Waals surface area contributed by atoms with Crippen LogP contribution in [0.2, 0.25) is 0 Å². The summed E-state index contributed by atoms with van der Waals surface area (Å²) in [6.07, 6.45) is 0. The van der Waals surface area contributed by atoms with Gasteiger partial charge in [-0.05, 0) is 70.8 Å². The minimum atomic E-state index is -0.244. The van der Waals surface area contributed by atoms with E-state index in [1.807, 2.05) is 42.5 Å². The van der Waals surface area contributed by atoms with Gasteiger partial charge < -0.3 is 21.4 Å². The van der Waals surface area contributed by atoms with Crippen LogP contribution in [0.4, 0.5) is 17.2 Å². The summed E-state index contributed by atoms with van der Waals surface area (Å²) in [6, 6.07) is 48.3. The normalized spacial score (nSPS) is 13.7. The van der Waals surface area contributed by atoms with Crippen LogP contribution < -0.4 is 16.8 Å². The number of nitrogens with zero attached hydrogens (tertiary/aromatic N) is 2. The number of nitrogens with two attached hydrogens (primary N) is 2. The summed E-state index contributed by atoms with van der Waals surface area (Å²) in [7, 11) is 0. The molecule has 1 aliphatic rings. The number of fused-ring (bicyclic) bond motifs is 8. The monoisotopic (exact) mass is 594 g/mol. The minimum Gasteiger partial charge on any atom is -0.387 e. The van der Waals surface area contributed by atoms with Gasteiger partial charge in [0, 0.05) is 33.2 Å². The second-order valence-corrected chi connectivity index (χ2v) is 11.9. The molecule has 2 aromatic heterocycles. The number of rotatable bonds is 5. The van der Waals surface area contributed by atoms with E-state index in [-0.39, 0.29) is 11.8 Å². The quantitative estimate of drug-likeness (QED) is 0.118. The van der Waals surface area contributed by atoms with Gasteiger partial charge in [-0.1, -0.05) is 91.0 Å². The molecule has 6 heteroatoms. The number of hydrogen-bond donors (Lipinski definition) is 4. The lowest BCUT2D eigenvalue weighted by atomic mass is 9.96. The molecule has 6 nitrogen and oxygen atoms in total. The van der Waals surface area contributed by atoms with Crippen LogP contribution in [0.3, 0.4) is 0 Å². The molecular formula is C40H30N6. The summed E-state index contributed by atoms with van der Waals surface area (Å²) in [6.45, 7) is 0. The zero-order valence-electron chi connectivity index (χ0n) is 24.9. The molecule has 0 saturated heterocycles. The van der Waals surface area contributed by atoms with Gasteiger partial charge in [-0.25, -0.2) is 0 Å². The summed E-state index contributed by atoms with van der Waals surface area (Å²) < 4.78 is 4.54. The van der Waals surface area contributed by atoms with Crippen molar-refractivity contribution in [2.45, 2.75) is 5.92 Å². The van der Waals surface area contributed by atoms with Gasteiger partial charge in [0.15, 0.2) is 0 Å². The van der Waals surface area contributed by atoms with Crippen molar-refractivity contribution < 1.29 is 0 Å². The Kier molecular flexibility index (Phi) is 5.61. The Labute approximate surface area is 265 Å². The average molecular weight is 595 g/mol. The Morgan fingerprint density at radius 2 is 1.24 bits per heavy atom. The first-order chi connectivity index (χ1) is 22.6. The standard InChI is InChI=1S/C40H30N6/c41-39(42)35-29-17-8-7-15-27(29)33-23-26(19-20-30(33)35)45-34-18-10-9-16-28(34)31-21-22-32-36(44-24-11-3-1-4-12-24)40(43)46(38(32)37(31)45)25-13-5-2-6-14-25/h1-23,35,44H,43H2,(H3,41,42). The van der Waals surface area contributed by atoms with E-state index in [1.165, 1.54) is 5.39 Å². The first-order valence-electron chi connectivity index (χ1n) is 15.4. The highest BCUT2D eigenvalue weighted by molar-refractivity contribution is 6.21. The molecule has 0 saturated carbocycles. The molecule has 0 bridgehead atoms. The molecule has 1 aliphatic carbocycles. The van der Waals surface area contributed by atoms with Crippen LogP contribution in [0, 0.1) is 5.41 Å².